The summed E-state index contributed by atoms with van der Waals surface area (Å²) >= 11 is 0. The number of nitrogens with one attached hydrogen (secondary N) is 2. The lowest BCUT2D eigenvalue weighted by Crippen LogP contribution is -2.19. The van der Waals surface area contributed by atoms with E-state index < -0.39 is 0 Å². The molecular formula is C13H16N4O2. The van der Waals surface area contributed by atoms with E-state index in [0.717, 1.165) is 5.69 Å². The minimum atomic E-state index is -0.323. The zero-order chi connectivity index (χ0) is 14.0. The fraction of sp³-hybridized carbons (Fsp3) is 0.308. The first kappa shape index (κ1) is 13.1. The highest BCUT2D eigenvalue weighted by Crippen LogP contribution is 2.12. The van der Waals surface area contributed by atoms with Gasteiger partial charge in [-0.25, -0.2) is 0 Å². The zero-order valence-electron chi connectivity index (χ0n) is 11.1. The van der Waals surface area contributed by atoms with Crippen LogP contribution in [0, 0.1) is 0 Å². The van der Waals surface area contributed by atoms with Crippen molar-refractivity contribution in [2.45, 2.75) is 19.8 Å². The number of nitrogens with zero attached hydrogens (tertiary/aromatic N) is 2. The first-order chi connectivity index (χ1) is 8.97. The van der Waals surface area contributed by atoms with E-state index >= 15 is 0 Å². The van der Waals surface area contributed by atoms with Gasteiger partial charge in [-0.2, -0.15) is 5.10 Å². The SMILES string of the molecule is CC(C)c1cc(C(=O)Nc2ccnn2C)cc(=O)[nH]1. The van der Waals surface area contributed by atoms with Crippen LogP contribution >= 0.6 is 0 Å². The predicted octanol–water partition coefficient (Wildman–Crippen LogP) is 1.48. The molecule has 0 saturated heterocycles. The van der Waals surface area contributed by atoms with Gasteiger partial charge in [0.2, 0.25) is 5.56 Å². The Kier molecular flexibility index (Phi) is 3.50. The van der Waals surface area contributed by atoms with Crippen molar-refractivity contribution in [3.63, 3.8) is 0 Å². The molecule has 19 heavy (non-hydrogen) atoms. The van der Waals surface area contributed by atoms with Crippen molar-refractivity contribution in [1.82, 2.24) is 14.8 Å². The molecule has 0 spiro atoms. The van der Waals surface area contributed by atoms with Gasteiger partial charge in [0.05, 0.1) is 6.20 Å². The van der Waals surface area contributed by atoms with Gasteiger partial charge in [0, 0.05) is 30.4 Å². The quantitative estimate of drug-likeness (QED) is 0.877. The van der Waals surface area contributed by atoms with E-state index in [9.17, 15) is 9.59 Å². The highest BCUT2D eigenvalue weighted by Gasteiger charge is 2.11. The Labute approximate surface area is 110 Å². The second-order valence-electron chi connectivity index (χ2n) is 4.64. The van der Waals surface area contributed by atoms with E-state index in [-0.39, 0.29) is 17.4 Å². The van der Waals surface area contributed by atoms with Gasteiger partial charge in [0.25, 0.3) is 5.91 Å². The Balaban J connectivity index is 2.29. The summed E-state index contributed by atoms with van der Waals surface area (Å²) in [6, 6.07) is 4.67. The van der Waals surface area contributed by atoms with Gasteiger partial charge in [-0.05, 0) is 12.0 Å². The lowest BCUT2D eigenvalue weighted by Gasteiger charge is -2.08. The fourth-order valence-electron chi connectivity index (χ4n) is 1.69. The van der Waals surface area contributed by atoms with E-state index in [1.807, 2.05) is 13.8 Å². The molecule has 2 aromatic heterocycles. The van der Waals surface area contributed by atoms with E-state index in [4.69, 9.17) is 0 Å². The van der Waals surface area contributed by atoms with Gasteiger partial charge in [-0.3, -0.25) is 14.3 Å². The summed E-state index contributed by atoms with van der Waals surface area (Å²) in [6.07, 6.45) is 1.59. The lowest BCUT2D eigenvalue weighted by molar-refractivity contribution is 0.102. The van der Waals surface area contributed by atoms with E-state index in [1.165, 1.54) is 6.07 Å². The number of anilines is 1. The molecule has 100 valence electrons. The number of aryl methyl sites for hydroxylation is 1. The number of aromatic amines is 1. The molecule has 0 aliphatic heterocycles. The van der Waals surface area contributed by atoms with Crippen LogP contribution in [0.15, 0.2) is 29.2 Å². The van der Waals surface area contributed by atoms with E-state index in [1.54, 1.807) is 30.1 Å². The smallest absolute Gasteiger partial charge is 0.257 e. The van der Waals surface area contributed by atoms with Crippen molar-refractivity contribution in [3.8, 4) is 0 Å². The summed E-state index contributed by atoms with van der Waals surface area (Å²) in [4.78, 5) is 26.3. The van der Waals surface area contributed by atoms with Crippen molar-refractivity contribution < 1.29 is 4.79 Å². The van der Waals surface area contributed by atoms with Crippen LogP contribution in [0.5, 0.6) is 0 Å². The minimum absolute atomic E-state index is 0.150. The standard InChI is InChI=1S/C13H16N4O2/c1-8(2)10-6-9(7-12(18)15-10)13(19)16-11-4-5-14-17(11)3/h4-8H,1-3H3,(H,15,18)(H,16,19). The van der Waals surface area contributed by atoms with Crippen molar-refractivity contribution in [1.29, 1.82) is 0 Å². The number of hydrogen-bond acceptors (Lipinski definition) is 3. The van der Waals surface area contributed by atoms with Gasteiger partial charge in [0.15, 0.2) is 0 Å². The largest absolute Gasteiger partial charge is 0.326 e. The summed E-state index contributed by atoms with van der Waals surface area (Å²) in [5, 5.41) is 6.67. The highest BCUT2D eigenvalue weighted by molar-refractivity contribution is 6.03. The van der Waals surface area contributed by atoms with Gasteiger partial charge >= 0.3 is 0 Å². The monoisotopic (exact) mass is 260 g/mol. The topological polar surface area (TPSA) is 79.8 Å². The highest BCUT2D eigenvalue weighted by atomic mass is 16.2. The van der Waals surface area contributed by atoms with Crippen LogP contribution in [0.25, 0.3) is 0 Å². The van der Waals surface area contributed by atoms with Gasteiger partial charge < -0.3 is 10.3 Å². The Morgan fingerprint density at radius 2 is 2.16 bits per heavy atom. The molecule has 2 N–H and O–H groups in total. The Morgan fingerprint density at radius 1 is 1.42 bits per heavy atom. The maximum Gasteiger partial charge on any atom is 0.257 e. The van der Waals surface area contributed by atoms with Crippen molar-refractivity contribution in [3.05, 3.63) is 46.0 Å². The van der Waals surface area contributed by atoms with E-state index in [0.29, 0.717) is 11.4 Å². The summed E-state index contributed by atoms with van der Waals surface area (Å²) in [5.74, 6) is 0.408. The van der Waals surface area contributed by atoms with Gasteiger partial charge in [-0.1, -0.05) is 13.8 Å². The molecule has 0 radical (unpaired) electrons. The number of pyridine rings is 1. The van der Waals surface area contributed by atoms with Crippen molar-refractivity contribution in [2.24, 2.45) is 7.05 Å². The Hall–Kier alpha value is -2.37. The third kappa shape index (κ3) is 2.90. The molecule has 0 atom stereocenters. The molecule has 0 bridgehead atoms. The van der Waals surface area contributed by atoms with Gasteiger partial charge in [-0.15, -0.1) is 0 Å². The molecule has 0 saturated carbocycles. The number of carbonyl (C=O) groups is 1. The first-order valence-electron chi connectivity index (χ1n) is 6.01. The zero-order valence-corrected chi connectivity index (χ0v) is 11.1. The van der Waals surface area contributed by atoms with Crippen LogP contribution in [0.3, 0.4) is 0 Å². The summed E-state index contributed by atoms with van der Waals surface area (Å²) < 4.78 is 1.55. The maximum atomic E-state index is 12.1. The van der Waals surface area contributed by atoms with Crippen LogP contribution in [0.4, 0.5) is 5.82 Å². The average molecular weight is 260 g/mol. The third-order valence-electron chi connectivity index (χ3n) is 2.81. The molecule has 1 amide bonds. The average Bonchev–Trinajstić information content (AvgIpc) is 2.74. The second-order valence-corrected chi connectivity index (χ2v) is 4.64. The summed E-state index contributed by atoms with van der Waals surface area (Å²) in [5.41, 5.74) is 0.803. The van der Waals surface area contributed by atoms with Crippen molar-refractivity contribution >= 4 is 11.7 Å². The third-order valence-corrected chi connectivity index (χ3v) is 2.81. The van der Waals surface area contributed by atoms with Crippen LogP contribution in [0.2, 0.25) is 0 Å². The summed E-state index contributed by atoms with van der Waals surface area (Å²) in [7, 11) is 1.73. The minimum Gasteiger partial charge on any atom is -0.326 e. The number of aromatic nitrogens is 3. The molecule has 0 unspecified atom stereocenters. The first-order valence-corrected chi connectivity index (χ1v) is 6.01. The number of carbonyl (C=O) groups excluding carboxylic acids is 1. The maximum absolute atomic E-state index is 12.1. The number of rotatable bonds is 3. The molecule has 0 aliphatic rings. The molecule has 0 aliphatic carbocycles. The molecule has 0 fully saturated rings. The Bertz CT molecular complexity index is 655. The van der Waals surface area contributed by atoms with Crippen LogP contribution in [0.1, 0.15) is 35.8 Å². The Morgan fingerprint density at radius 3 is 2.74 bits per heavy atom. The van der Waals surface area contributed by atoms with Crippen LogP contribution in [-0.2, 0) is 7.05 Å². The number of amides is 1. The summed E-state index contributed by atoms with van der Waals surface area (Å²) in [6.45, 7) is 3.90. The van der Waals surface area contributed by atoms with Crippen molar-refractivity contribution in [2.75, 3.05) is 5.32 Å². The molecule has 2 rings (SSSR count). The number of hydrogen-bond donors (Lipinski definition) is 2. The van der Waals surface area contributed by atoms with Gasteiger partial charge in [0.1, 0.15) is 5.82 Å². The van der Waals surface area contributed by atoms with Crippen LogP contribution < -0.4 is 10.9 Å². The molecule has 6 nitrogen and oxygen atoms in total. The molecule has 0 aromatic carbocycles. The molecule has 2 heterocycles. The normalized spacial score (nSPS) is 10.7. The number of H-pyrrole nitrogens is 1. The predicted molar refractivity (Wildman–Crippen MR) is 72.3 cm³/mol. The van der Waals surface area contributed by atoms with Crippen LogP contribution in [-0.4, -0.2) is 20.7 Å². The molecular weight excluding hydrogens is 244 g/mol. The van der Waals surface area contributed by atoms with E-state index in [2.05, 4.69) is 15.4 Å². The lowest BCUT2D eigenvalue weighted by atomic mass is 10.1. The molecule has 6 heteroatoms. The molecule has 2 aromatic rings. The second kappa shape index (κ2) is 5.09. The fourth-order valence-corrected chi connectivity index (χ4v) is 1.69.